The first-order valence-electron chi connectivity index (χ1n) is 10.8. The number of hydrogen-bond donors (Lipinski definition) is 1. The van der Waals surface area contributed by atoms with Gasteiger partial charge in [-0.15, -0.1) is 0 Å². The number of hydrogen-bond acceptors (Lipinski definition) is 2. The summed E-state index contributed by atoms with van der Waals surface area (Å²) in [5.74, 6) is 2.47. The van der Waals surface area contributed by atoms with E-state index in [1.54, 1.807) is 0 Å². The van der Waals surface area contributed by atoms with Crippen LogP contribution in [0.4, 0.5) is 0 Å². The van der Waals surface area contributed by atoms with E-state index in [1.807, 2.05) is 4.57 Å². The molecule has 1 heterocycles. The SMILES string of the molecule is CCCC1CC1.Cc1ccc(-n2c(-c3cccc(C(C)C)c3)n[nH]c2=S)cc1C. The van der Waals surface area contributed by atoms with Crippen LogP contribution < -0.4 is 0 Å². The molecule has 0 aliphatic heterocycles. The van der Waals surface area contributed by atoms with Crippen molar-refractivity contribution in [3.63, 3.8) is 0 Å². The van der Waals surface area contributed by atoms with Crippen LogP contribution in [-0.2, 0) is 0 Å². The summed E-state index contributed by atoms with van der Waals surface area (Å²) in [5, 5.41) is 7.39. The highest BCUT2D eigenvalue weighted by molar-refractivity contribution is 7.71. The Morgan fingerprint density at radius 3 is 2.45 bits per heavy atom. The Hall–Kier alpha value is -2.20. The van der Waals surface area contributed by atoms with E-state index in [1.165, 1.54) is 42.4 Å². The number of nitrogens with zero attached hydrogens (tertiary/aromatic N) is 2. The van der Waals surface area contributed by atoms with Crippen LogP contribution in [0.25, 0.3) is 17.1 Å². The highest BCUT2D eigenvalue weighted by atomic mass is 32.1. The van der Waals surface area contributed by atoms with Gasteiger partial charge in [0.05, 0.1) is 5.69 Å². The van der Waals surface area contributed by atoms with Gasteiger partial charge in [0, 0.05) is 5.56 Å². The lowest BCUT2D eigenvalue weighted by atomic mass is 10.0. The molecule has 1 aliphatic carbocycles. The van der Waals surface area contributed by atoms with Gasteiger partial charge >= 0.3 is 0 Å². The number of nitrogens with one attached hydrogen (secondary N) is 1. The Kier molecular flexibility index (Phi) is 7.07. The third kappa shape index (κ3) is 5.45. The van der Waals surface area contributed by atoms with Gasteiger partial charge in [0.25, 0.3) is 0 Å². The molecule has 1 fully saturated rings. The molecule has 3 aromatic rings. The van der Waals surface area contributed by atoms with Gasteiger partial charge in [-0.25, -0.2) is 0 Å². The van der Waals surface area contributed by atoms with Crippen molar-refractivity contribution in [2.75, 3.05) is 0 Å². The van der Waals surface area contributed by atoms with Crippen molar-refractivity contribution >= 4 is 12.2 Å². The molecule has 1 saturated carbocycles. The minimum absolute atomic E-state index is 0.479. The van der Waals surface area contributed by atoms with Crippen molar-refractivity contribution < 1.29 is 0 Å². The zero-order valence-corrected chi connectivity index (χ0v) is 19.1. The van der Waals surface area contributed by atoms with E-state index in [4.69, 9.17) is 12.2 Å². The van der Waals surface area contributed by atoms with Crippen molar-refractivity contribution in [3.05, 3.63) is 63.9 Å². The minimum Gasteiger partial charge on any atom is -0.268 e. The summed E-state index contributed by atoms with van der Waals surface area (Å²) in [6, 6.07) is 14.8. The van der Waals surface area contributed by atoms with Crippen LogP contribution in [-0.4, -0.2) is 14.8 Å². The van der Waals surface area contributed by atoms with Crippen LogP contribution in [0.2, 0.25) is 0 Å². The van der Waals surface area contributed by atoms with Crippen LogP contribution in [0.15, 0.2) is 42.5 Å². The van der Waals surface area contributed by atoms with E-state index in [0.717, 1.165) is 23.0 Å². The fourth-order valence-corrected chi connectivity index (χ4v) is 3.68. The number of aromatic amines is 1. The third-order valence-corrected chi connectivity index (χ3v) is 5.90. The van der Waals surface area contributed by atoms with Gasteiger partial charge in [-0.1, -0.05) is 70.7 Å². The third-order valence-electron chi connectivity index (χ3n) is 5.63. The molecular weight excluding hydrogens is 374 g/mol. The molecule has 29 heavy (non-hydrogen) atoms. The summed E-state index contributed by atoms with van der Waals surface area (Å²) in [4.78, 5) is 0. The first kappa shape index (κ1) is 21.5. The fourth-order valence-electron chi connectivity index (χ4n) is 3.45. The minimum atomic E-state index is 0.479. The van der Waals surface area contributed by atoms with Gasteiger partial charge < -0.3 is 0 Å². The number of aryl methyl sites for hydroxylation is 2. The van der Waals surface area contributed by atoms with Gasteiger partial charge in [-0.05, 0) is 72.8 Å². The molecular formula is C25H33N3S. The van der Waals surface area contributed by atoms with E-state index in [-0.39, 0.29) is 0 Å². The summed E-state index contributed by atoms with van der Waals surface area (Å²) in [6.07, 6.45) is 5.92. The van der Waals surface area contributed by atoms with Crippen LogP contribution in [0.5, 0.6) is 0 Å². The van der Waals surface area contributed by atoms with Gasteiger partial charge in [0.2, 0.25) is 0 Å². The van der Waals surface area contributed by atoms with Gasteiger partial charge in [-0.3, -0.25) is 9.67 Å². The normalized spacial score (nSPS) is 13.3. The summed E-state index contributed by atoms with van der Waals surface area (Å²) in [7, 11) is 0. The molecule has 0 unspecified atom stereocenters. The Morgan fingerprint density at radius 2 is 1.86 bits per heavy atom. The molecule has 0 saturated heterocycles. The Balaban J connectivity index is 0.000000343. The maximum Gasteiger partial charge on any atom is 0.200 e. The van der Waals surface area contributed by atoms with Crippen LogP contribution >= 0.6 is 12.2 Å². The molecule has 0 bridgehead atoms. The second-order valence-electron chi connectivity index (χ2n) is 8.47. The molecule has 1 N–H and O–H groups in total. The van der Waals surface area contributed by atoms with Gasteiger partial charge in [0.15, 0.2) is 10.6 Å². The number of H-pyrrole nitrogens is 1. The standard InChI is InChI=1S/C19H21N3S.C6H12/c1-12(2)15-6-5-7-16(11-15)18-20-21-19(23)22(18)17-9-8-13(3)14(4)10-17;1-2-3-6-4-5-6/h5-12H,1-4H3,(H,21,23);6H,2-5H2,1H3. The van der Waals surface area contributed by atoms with Gasteiger partial charge in [-0.2, -0.15) is 5.10 Å². The maximum atomic E-state index is 5.46. The molecule has 0 atom stereocenters. The first-order chi connectivity index (χ1) is 13.9. The smallest absolute Gasteiger partial charge is 0.200 e. The van der Waals surface area contributed by atoms with Crippen molar-refractivity contribution in [2.45, 2.75) is 66.2 Å². The van der Waals surface area contributed by atoms with Crippen molar-refractivity contribution in [1.82, 2.24) is 14.8 Å². The average molecular weight is 408 g/mol. The number of rotatable bonds is 5. The predicted molar refractivity (Wildman–Crippen MR) is 125 cm³/mol. The number of aromatic nitrogens is 3. The van der Waals surface area contributed by atoms with E-state index in [2.05, 4.69) is 87.3 Å². The highest BCUT2D eigenvalue weighted by Gasteiger charge is 2.18. The van der Waals surface area contributed by atoms with Gasteiger partial charge in [0.1, 0.15) is 0 Å². The summed E-state index contributed by atoms with van der Waals surface area (Å²) < 4.78 is 2.61. The number of benzene rings is 2. The van der Waals surface area contributed by atoms with Crippen LogP contribution in [0, 0.1) is 24.5 Å². The summed E-state index contributed by atoms with van der Waals surface area (Å²) in [5.41, 5.74) is 5.92. The molecule has 4 rings (SSSR count). The monoisotopic (exact) mass is 407 g/mol. The van der Waals surface area contributed by atoms with E-state index >= 15 is 0 Å². The molecule has 0 amide bonds. The quantitative estimate of drug-likeness (QED) is 0.443. The summed E-state index contributed by atoms with van der Waals surface area (Å²) >= 11 is 5.46. The summed E-state index contributed by atoms with van der Waals surface area (Å²) in [6.45, 7) is 10.9. The molecule has 0 radical (unpaired) electrons. The topological polar surface area (TPSA) is 33.6 Å². The second-order valence-corrected chi connectivity index (χ2v) is 8.86. The molecule has 1 aromatic heterocycles. The van der Waals surface area contributed by atoms with Crippen molar-refractivity contribution in [1.29, 1.82) is 0 Å². The highest BCUT2D eigenvalue weighted by Crippen LogP contribution is 2.33. The molecule has 1 aliphatic rings. The maximum absolute atomic E-state index is 5.46. The van der Waals surface area contributed by atoms with E-state index in [9.17, 15) is 0 Å². The average Bonchev–Trinajstić information content (AvgIpc) is 3.44. The van der Waals surface area contributed by atoms with Crippen LogP contribution in [0.1, 0.15) is 69.1 Å². The second kappa shape index (κ2) is 9.53. The Morgan fingerprint density at radius 1 is 1.10 bits per heavy atom. The zero-order valence-electron chi connectivity index (χ0n) is 18.3. The lowest BCUT2D eigenvalue weighted by Crippen LogP contribution is -1.99. The molecule has 154 valence electrons. The molecule has 2 aromatic carbocycles. The molecule has 4 heteroatoms. The Labute approximate surface area is 180 Å². The lowest BCUT2D eigenvalue weighted by Gasteiger charge is -2.11. The van der Waals surface area contributed by atoms with E-state index < -0.39 is 0 Å². The Bertz CT molecular complexity index is 1010. The largest absolute Gasteiger partial charge is 0.268 e. The van der Waals surface area contributed by atoms with E-state index in [0.29, 0.717) is 10.7 Å². The molecule has 3 nitrogen and oxygen atoms in total. The van der Waals surface area contributed by atoms with Crippen LogP contribution in [0.3, 0.4) is 0 Å². The predicted octanol–water partition coefficient (Wildman–Crippen LogP) is 7.53. The van der Waals surface area contributed by atoms with Crippen molar-refractivity contribution in [3.8, 4) is 17.1 Å². The fraction of sp³-hybridized carbons (Fsp3) is 0.440. The zero-order chi connectivity index (χ0) is 21.0. The first-order valence-corrected chi connectivity index (χ1v) is 11.2. The molecule has 0 spiro atoms. The van der Waals surface area contributed by atoms with Crippen molar-refractivity contribution in [2.24, 2.45) is 5.92 Å². The lowest BCUT2D eigenvalue weighted by molar-refractivity contribution is 0.708.